The van der Waals surface area contributed by atoms with Crippen molar-refractivity contribution in [3.63, 3.8) is 0 Å². The zero-order valence-electron chi connectivity index (χ0n) is 9.02. The van der Waals surface area contributed by atoms with Gasteiger partial charge in [-0.15, -0.1) is 0 Å². The third kappa shape index (κ3) is 6.58. The average molecular weight is 186 g/mol. The third-order valence-electron chi connectivity index (χ3n) is 2.28. The van der Waals surface area contributed by atoms with Crippen LogP contribution in [0.1, 0.15) is 33.6 Å². The van der Waals surface area contributed by atoms with Crippen molar-refractivity contribution in [1.82, 2.24) is 10.6 Å². The lowest BCUT2D eigenvalue weighted by Crippen LogP contribution is -2.36. The van der Waals surface area contributed by atoms with Gasteiger partial charge < -0.3 is 10.6 Å². The van der Waals surface area contributed by atoms with E-state index in [1.54, 1.807) is 0 Å². The van der Waals surface area contributed by atoms with E-state index in [1.165, 1.54) is 0 Å². The van der Waals surface area contributed by atoms with Gasteiger partial charge in [0.1, 0.15) is 0 Å². The molecule has 0 aromatic heterocycles. The fourth-order valence-electron chi connectivity index (χ4n) is 1.14. The van der Waals surface area contributed by atoms with Gasteiger partial charge in [-0.2, -0.15) is 0 Å². The molecule has 0 aliphatic rings. The van der Waals surface area contributed by atoms with E-state index >= 15 is 0 Å². The lowest BCUT2D eigenvalue weighted by molar-refractivity contribution is -0.120. The van der Waals surface area contributed by atoms with Gasteiger partial charge in [0.25, 0.3) is 0 Å². The molecule has 0 aliphatic carbocycles. The topological polar surface area (TPSA) is 41.1 Å². The molecule has 0 aromatic carbocycles. The Labute approximate surface area is 81.3 Å². The summed E-state index contributed by atoms with van der Waals surface area (Å²) in [6.45, 7) is 8.41. The summed E-state index contributed by atoms with van der Waals surface area (Å²) in [5.41, 5.74) is 0. The first kappa shape index (κ1) is 12.4. The van der Waals surface area contributed by atoms with Crippen molar-refractivity contribution in [2.75, 3.05) is 19.6 Å². The summed E-state index contributed by atoms with van der Waals surface area (Å²) < 4.78 is 0. The highest BCUT2D eigenvalue weighted by molar-refractivity contribution is 5.77. The van der Waals surface area contributed by atoms with Gasteiger partial charge in [0.2, 0.25) is 5.91 Å². The molecule has 0 saturated heterocycles. The van der Waals surface area contributed by atoms with Crippen molar-refractivity contribution in [3.05, 3.63) is 0 Å². The van der Waals surface area contributed by atoms with Crippen molar-refractivity contribution < 1.29 is 4.79 Å². The molecule has 0 bridgehead atoms. The Kier molecular flexibility index (Phi) is 7.69. The first-order valence-electron chi connectivity index (χ1n) is 5.21. The molecule has 0 atom stereocenters. The minimum atomic E-state index is 0.105. The van der Waals surface area contributed by atoms with Gasteiger partial charge in [0, 0.05) is 6.54 Å². The Balaban J connectivity index is 3.44. The van der Waals surface area contributed by atoms with Gasteiger partial charge in [0.05, 0.1) is 6.54 Å². The number of carbonyl (C=O) groups is 1. The van der Waals surface area contributed by atoms with E-state index < -0.39 is 0 Å². The van der Waals surface area contributed by atoms with E-state index in [0.29, 0.717) is 12.5 Å². The number of hydrogen-bond acceptors (Lipinski definition) is 2. The van der Waals surface area contributed by atoms with E-state index in [0.717, 1.165) is 25.9 Å². The summed E-state index contributed by atoms with van der Waals surface area (Å²) in [7, 11) is 0. The Morgan fingerprint density at radius 2 is 1.85 bits per heavy atom. The Bertz CT molecular complexity index is 133. The second-order valence-electron chi connectivity index (χ2n) is 3.27. The van der Waals surface area contributed by atoms with Crippen molar-refractivity contribution >= 4 is 5.91 Å². The largest absolute Gasteiger partial charge is 0.355 e. The monoisotopic (exact) mass is 186 g/mol. The molecular weight excluding hydrogens is 164 g/mol. The van der Waals surface area contributed by atoms with Crippen LogP contribution >= 0.6 is 0 Å². The Morgan fingerprint density at radius 3 is 2.31 bits per heavy atom. The number of likely N-dealkylation sites (N-methyl/N-ethyl adjacent to an activating group) is 1. The first-order chi connectivity index (χ1) is 6.24. The van der Waals surface area contributed by atoms with E-state index in [4.69, 9.17) is 0 Å². The van der Waals surface area contributed by atoms with Crippen molar-refractivity contribution in [1.29, 1.82) is 0 Å². The van der Waals surface area contributed by atoms with Crippen LogP contribution in [-0.2, 0) is 4.79 Å². The third-order valence-corrected chi connectivity index (χ3v) is 2.28. The molecular formula is C10H22N2O. The molecule has 0 fully saturated rings. The SMILES string of the molecule is CCNCC(=O)NCC(CC)CC. The number of rotatable bonds is 7. The fourth-order valence-corrected chi connectivity index (χ4v) is 1.14. The van der Waals surface area contributed by atoms with Crippen LogP contribution in [0.4, 0.5) is 0 Å². The summed E-state index contributed by atoms with van der Waals surface area (Å²) in [6.07, 6.45) is 2.27. The molecule has 0 aromatic rings. The van der Waals surface area contributed by atoms with Crippen molar-refractivity contribution in [3.8, 4) is 0 Å². The van der Waals surface area contributed by atoms with E-state index in [2.05, 4.69) is 24.5 Å². The molecule has 13 heavy (non-hydrogen) atoms. The maximum absolute atomic E-state index is 11.2. The van der Waals surface area contributed by atoms with Crippen LogP contribution in [0.25, 0.3) is 0 Å². The van der Waals surface area contributed by atoms with Crippen LogP contribution in [0.5, 0.6) is 0 Å². The quantitative estimate of drug-likeness (QED) is 0.626. The number of carbonyl (C=O) groups excluding carboxylic acids is 1. The molecule has 2 N–H and O–H groups in total. The molecule has 0 aliphatic heterocycles. The molecule has 0 heterocycles. The second kappa shape index (κ2) is 8.05. The maximum Gasteiger partial charge on any atom is 0.233 e. The fraction of sp³-hybridized carbons (Fsp3) is 0.900. The minimum Gasteiger partial charge on any atom is -0.355 e. The summed E-state index contributed by atoms with van der Waals surface area (Å²) in [4.78, 5) is 11.2. The molecule has 3 heteroatoms. The lowest BCUT2D eigenvalue weighted by Gasteiger charge is -2.13. The van der Waals surface area contributed by atoms with Crippen molar-refractivity contribution in [2.24, 2.45) is 5.92 Å². The molecule has 0 rings (SSSR count). The van der Waals surface area contributed by atoms with Crippen LogP contribution in [0, 0.1) is 5.92 Å². The van der Waals surface area contributed by atoms with E-state index in [-0.39, 0.29) is 5.91 Å². The van der Waals surface area contributed by atoms with Gasteiger partial charge >= 0.3 is 0 Å². The molecule has 0 saturated carbocycles. The minimum absolute atomic E-state index is 0.105. The van der Waals surface area contributed by atoms with Crippen LogP contribution in [-0.4, -0.2) is 25.5 Å². The van der Waals surface area contributed by atoms with Gasteiger partial charge in [-0.3, -0.25) is 4.79 Å². The van der Waals surface area contributed by atoms with Crippen LogP contribution in [0.2, 0.25) is 0 Å². The van der Waals surface area contributed by atoms with Gasteiger partial charge in [-0.1, -0.05) is 33.6 Å². The number of hydrogen-bond donors (Lipinski definition) is 2. The first-order valence-corrected chi connectivity index (χ1v) is 5.21. The highest BCUT2D eigenvalue weighted by Crippen LogP contribution is 2.04. The number of amides is 1. The van der Waals surface area contributed by atoms with Gasteiger partial charge in [-0.05, 0) is 12.5 Å². The zero-order chi connectivity index (χ0) is 10.1. The summed E-state index contributed by atoms with van der Waals surface area (Å²) >= 11 is 0. The lowest BCUT2D eigenvalue weighted by atomic mass is 10.0. The standard InChI is InChI=1S/C10H22N2O/c1-4-9(5-2)7-12-10(13)8-11-6-3/h9,11H,4-8H2,1-3H3,(H,12,13). The smallest absolute Gasteiger partial charge is 0.233 e. The predicted octanol–water partition coefficient (Wildman–Crippen LogP) is 1.15. The predicted molar refractivity (Wildman–Crippen MR) is 55.6 cm³/mol. The van der Waals surface area contributed by atoms with E-state index in [9.17, 15) is 4.79 Å². The van der Waals surface area contributed by atoms with Gasteiger partial charge in [-0.25, -0.2) is 0 Å². The van der Waals surface area contributed by atoms with Crippen LogP contribution < -0.4 is 10.6 Å². The van der Waals surface area contributed by atoms with Crippen LogP contribution in [0.3, 0.4) is 0 Å². The van der Waals surface area contributed by atoms with Crippen LogP contribution in [0.15, 0.2) is 0 Å². The number of nitrogens with one attached hydrogen (secondary N) is 2. The second-order valence-corrected chi connectivity index (χ2v) is 3.27. The summed E-state index contributed by atoms with van der Waals surface area (Å²) in [5, 5.41) is 5.91. The summed E-state index contributed by atoms with van der Waals surface area (Å²) in [5.74, 6) is 0.735. The Morgan fingerprint density at radius 1 is 1.23 bits per heavy atom. The highest BCUT2D eigenvalue weighted by atomic mass is 16.1. The molecule has 0 spiro atoms. The molecule has 1 amide bonds. The maximum atomic E-state index is 11.2. The average Bonchev–Trinajstić information content (AvgIpc) is 2.16. The summed E-state index contributed by atoms with van der Waals surface area (Å²) in [6, 6.07) is 0. The molecule has 3 nitrogen and oxygen atoms in total. The normalized spacial score (nSPS) is 10.5. The Hall–Kier alpha value is -0.570. The molecule has 78 valence electrons. The van der Waals surface area contributed by atoms with E-state index in [1.807, 2.05) is 6.92 Å². The highest BCUT2D eigenvalue weighted by Gasteiger charge is 2.05. The van der Waals surface area contributed by atoms with Gasteiger partial charge in [0.15, 0.2) is 0 Å². The molecule has 0 unspecified atom stereocenters. The molecule has 0 radical (unpaired) electrons. The zero-order valence-corrected chi connectivity index (χ0v) is 9.02. The van der Waals surface area contributed by atoms with Crippen molar-refractivity contribution in [2.45, 2.75) is 33.6 Å².